The molecule has 1 heterocycles. The third kappa shape index (κ3) is 23.3. The molecule has 69 heavy (non-hydrogen) atoms. The lowest BCUT2D eigenvalue weighted by Gasteiger charge is -2.45. The fraction of sp³-hybridized carbons (Fsp3) is 0.467. The van der Waals surface area contributed by atoms with E-state index in [1.54, 1.807) is 91.0 Å². The van der Waals surface area contributed by atoms with Crippen LogP contribution in [0.2, 0.25) is 0 Å². The second-order valence-corrected chi connectivity index (χ2v) is 15.1. The van der Waals surface area contributed by atoms with Crippen molar-refractivity contribution in [3.05, 3.63) is 91.0 Å². The first kappa shape index (κ1) is 58.5. The lowest BCUT2D eigenvalue weighted by molar-refractivity contribution is -0.219. The summed E-state index contributed by atoms with van der Waals surface area (Å²) < 4.78 is 87.3. The molecule has 24 heteroatoms. The number of para-hydroxylation sites is 3. The van der Waals surface area contributed by atoms with Crippen LogP contribution in [0.15, 0.2) is 91.0 Å². The summed E-state index contributed by atoms with van der Waals surface area (Å²) in [5.74, 6) is -6.08. The summed E-state index contributed by atoms with van der Waals surface area (Å²) >= 11 is 0. The number of anilines is 3. The van der Waals surface area contributed by atoms with Crippen molar-refractivity contribution in [1.29, 1.82) is 0 Å². The average molecular weight is 989 g/mol. The molecular weight excluding hydrogens is 931 g/mol. The molecule has 10 N–H and O–H groups in total. The Bertz CT molecular complexity index is 1980. The number of carbonyl (C=O) groups excluding carboxylic acids is 4. The SMILES string of the molecule is CCCCCCCCCCCCNC(=O)[C@H](N)[C@@H]1O[C@H](CN)[C@@H](OC(=O)Nc2ccccc2)[C@H](OC(=O)Nc2ccccc2)[C@H]1OC(=O)Nc1ccccc1.O=C(O)C(F)(F)F.O=C(O)C(F)(F)F. The van der Waals surface area contributed by atoms with E-state index in [9.17, 15) is 45.5 Å². The van der Waals surface area contributed by atoms with Gasteiger partial charge < -0.3 is 45.9 Å². The molecule has 0 radical (unpaired) electrons. The normalized spacial score (nSPS) is 18.0. The van der Waals surface area contributed by atoms with Crippen LogP contribution in [0.25, 0.3) is 0 Å². The van der Waals surface area contributed by atoms with Gasteiger partial charge in [0, 0.05) is 30.2 Å². The highest BCUT2D eigenvalue weighted by Crippen LogP contribution is 2.31. The number of nitrogens with one attached hydrogen (secondary N) is 4. The molecule has 3 aromatic rings. The molecule has 0 spiro atoms. The fourth-order valence-electron chi connectivity index (χ4n) is 6.30. The number of halogens is 6. The van der Waals surface area contributed by atoms with Crippen LogP contribution in [0.1, 0.15) is 71.1 Å². The van der Waals surface area contributed by atoms with Crippen molar-refractivity contribution in [1.82, 2.24) is 5.32 Å². The van der Waals surface area contributed by atoms with Crippen LogP contribution in [0.4, 0.5) is 57.8 Å². The van der Waals surface area contributed by atoms with Gasteiger partial charge in [0.1, 0.15) is 18.2 Å². The monoisotopic (exact) mass is 988 g/mol. The number of aliphatic carboxylic acids is 2. The van der Waals surface area contributed by atoms with E-state index >= 15 is 0 Å². The Kier molecular flexibility index (Phi) is 26.0. The highest BCUT2D eigenvalue weighted by atomic mass is 19.4. The summed E-state index contributed by atoms with van der Waals surface area (Å²) in [6.45, 7) is 2.35. The second kappa shape index (κ2) is 30.7. The maximum absolute atomic E-state index is 13.5. The Morgan fingerprint density at radius 3 is 1.26 bits per heavy atom. The van der Waals surface area contributed by atoms with Crippen LogP contribution in [0.3, 0.4) is 0 Å². The summed E-state index contributed by atoms with van der Waals surface area (Å²) in [6.07, 6.45) is -8.61. The first-order valence-corrected chi connectivity index (χ1v) is 21.7. The highest BCUT2D eigenvalue weighted by Gasteiger charge is 2.55. The van der Waals surface area contributed by atoms with E-state index in [4.69, 9.17) is 50.2 Å². The van der Waals surface area contributed by atoms with Crippen molar-refractivity contribution in [2.45, 2.75) is 120 Å². The molecule has 3 aromatic carbocycles. The van der Waals surface area contributed by atoms with Crippen molar-refractivity contribution >= 4 is 53.2 Å². The van der Waals surface area contributed by atoms with Crippen molar-refractivity contribution < 1.29 is 84.3 Å². The first-order valence-electron chi connectivity index (χ1n) is 21.7. The van der Waals surface area contributed by atoms with E-state index in [1.807, 2.05) is 0 Å². The van der Waals surface area contributed by atoms with Crippen LogP contribution >= 0.6 is 0 Å². The Labute approximate surface area is 393 Å². The highest BCUT2D eigenvalue weighted by molar-refractivity contribution is 5.87. The Balaban J connectivity index is 0.00000101. The molecule has 6 atom stereocenters. The Morgan fingerprint density at radius 1 is 0.580 bits per heavy atom. The maximum atomic E-state index is 13.5. The minimum absolute atomic E-state index is 0.240. The molecular formula is C45H58F6N6O12. The number of carboxylic acid groups (broad SMARTS) is 2. The second-order valence-electron chi connectivity index (χ2n) is 15.1. The van der Waals surface area contributed by atoms with Gasteiger partial charge in [0.15, 0.2) is 18.3 Å². The van der Waals surface area contributed by atoms with Crippen molar-refractivity contribution in [3.8, 4) is 0 Å². The maximum Gasteiger partial charge on any atom is 0.490 e. The number of unbranched alkanes of at least 4 members (excludes halogenated alkanes) is 9. The van der Waals surface area contributed by atoms with Crippen molar-refractivity contribution in [3.63, 3.8) is 0 Å². The van der Waals surface area contributed by atoms with Crippen LogP contribution in [0.5, 0.6) is 0 Å². The number of rotatable bonds is 20. The zero-order chi connectivity index (χ0) is 51.4. The molecule has 1 fully saturated rings. The summed E-state index contributed by atoms with van der Waals surface area (Å²) in [7, 11) is 0. The largest absolute Gasteiger partial charge is 0.490 e. The average Bonchev–Trinajstić information content (AvgIpc) is 3.29. The summed E-state index contributed by atoms with van der Waals surface area (Å²) in [5.41, 5.74) is 14.0. The fourth-order valence-corrected chi connectivity index (χ4v) is 6.30. The van der Waals surface area contributed by atoms with Gasteiger partial charge in [-0.2, -0.15) is 26.3 Å². The topological polar surface area (TPSA) is 280 Å². The smallest absolute Gasteiger partial charge is 0.475 e. The number of hydrogen-bond donors (Lipinski definition) is 8. The summed E-state index contributed by atoms with van der Waals surface area (Å²) in [5, 5.41) is 25.0. The standard InChI is InChI=1S/C41H56N6O8.2C2HF3O2/c1-2-3-4-5-6-7-8-9-10-20-27-44-38(48)33(43)35-37(55-41(51)47-31-25-18-13-19-26-31)36(54-40(50)46-30-23-16-12-17-24-30)34(32(28-42)52-35)53-39(49)45-29-21-14-11-15-22-29;2*3-2(4,5)1(6)7/h11-19,21-26,32-37H,2-10,20,27-28,42-43H2,1H3,(H,44,48)(H,45,49)(H,46,50)(H,47,51);2*(H,6,7)/t32-,33-,34-,35+,36+,37+;;/m1../s1. The third-order valence-electron chi connectivity index (χ3n) is 9.66. The van der Waals surface area contributed by atoms with Gasteiger partial charge in [-0.1, -0.05) is 119 Å². The first-order chi connectivity index (χ1) is 32.7. The van der Waals surface area contributed by atoms with Crippen LogP contribution in [-0.2, 0) is 33.3 Å². The molecule has 4 amide bonds. The zero-order valence-corrected chi connectivity index (χ0v) is 37.5. The molecule has 4 rings (SSSR count). The van der Waals surface area contributed by atoms with E-state index in [2.05, 4.69) is 28.2 Å². The molecule has 1 aliphatic rings. The van der Waals surface area contributed by atoms with Gasteiger partial charge in [-0.3, -0.25) is 20.7 Å². The number of carboxylic acids is 2. The molecule has 0 bridgehead atoms. The van der Waals surface area contributed by atoms with E-state index < -0.39 is 85.0 Å². The van der Waals surface area contributed by atoms with Crippen LogP contribution < -0.4 is 32.7 Å². The van der Waals surface area contributed by atoms with Gasteiger partial charge in [-0.25, -0.2) is 24.0 Å². The van der Waals surface area contributed by atoms with E-state index in [1.165, 1.54) is 38.5 Å². The van der Waals surface area contributed by atoms with Gasteiger partial charge in [0.05, 0.1) is 0 Å². The lowest BCUT2D eigenvalue weighted by atomic mass is 9.90. The lowest BCUT2D eigenvalue weighted by Crippen LogP contribution is -2.68. The quantitative estimate of drug-likeness (QED) is 0.0301. The van der Waals surface area contributed by atoms with Gasteiger partial charge in [-0.05, 0) is 42.8 Å². The van der Waals surface area contributed by atoms with Crippen LogP contribution in [0, 0.1) is 0 Å². The summed E-state index contributed by atoms with van der Waals surface area (Å²) in [4.78, 5) is 71.4. The van der Waals surface area contributed by atoms with E-state index in [0.29, 0.717) is 23.6 Å². The molecule has 1 saturated heterocycles. The molecule has 18 nitrogen and oxygen atoms in total. The predicted octanol–water partition coefficient (Wildman–Crippen LogP) is 8.20. The molecule has 0 aliphatic carbocycles. The predicted molar refractivity (Wildman–Crippen MR) is 239 cm³/mol. The van der Waals surface area contributed by atoms with Gasteiger partial charge >= 0.3 is 42.6 Å². The number of carbonyl (C=O) groups is 6. The third-order valence-corrected chi connectivity index (χ3v) is 9.66. The number of hydrogen-bond acceptors (Lipinski definition) is 12. The number of alkyl halides is 6. The molecule has 0 unspecified atom stereocenters. The van der Waals surface area contributed by atoms with Gasteiger partial charge in [-0.15, -0.1) is 0 Å². The number of ether oxygens (including phenoxy) is 4. The van der Waals surface area contributed by atoms with E-state index in [0.717, 1.165) is 25.7 Å². The molecule has 0 saturated carbocycles. The number of nitrogens with two attached hydrogens (primary N) is 2. The minimum atomic E-state index is -5.08. The molecule has 0 aromatic heterocycles. The number of amides is 4. The van der Waals surface area contributed by atoms with Crippen molar-refractivity contribution in [2.75, 3.05) is 29.0 Å². The summed E-state index contributed by atoms with van der Waals surface area (Å²) in [6, 6.07) is 24.2. The zero-order valence-electron chi connectivity index (χ0n) is 37.5. The molecule has 382 valence electrons. The minimum Gasteiger partial charge on any atom is -0.475 e. The van der Waals surface area contributed by atoms with Gasteiger partial charge in [0.2, 0.25) is 5.91 Å². The Hall–Kier alpha value is -6.66. The Morgan fingerprint density at radius 2 is 0.913 bits per heavy atom. The van der Waals surface area contributed by atoms with Crippen LogP contribution in [-0.4, -0.2) is 108 Å². The van der Waals surface area contributed by atoms with Gasteiger partial charge in [0.25, 0.3) is 0 Å². The van der Waals surface area contributed by atoms with Crippen molar-refractivity contribution in [2.24, 2.45) is 11.5 Å². The van der Waals surface area contributed by atoms with E-state index in [-0.39, 0.29) is 6.54 Å². The molecule has 1 aliphatic heterocycles. The number of benzene rings is 3.